The normalized spacial score (nSPS) is 14.4. The van der Waals surface area contributed by atoms with Gasteiger partial charge in [-0.1, -0.05) is 36.4 Å². The Labute approximate surface area is 303 Å². The number of carbonyl (C=O) groups is 4. The topological polar surface area (TPSA) is 210 Å². The van der Waals surface area contributed by atoms with E-state index in [9.17, 15) is 44.4 Å². The number of aromatic hydroxyl groups is 4. The van der Waals surface area contributed by atoms with E-state index in [1.807, 2.05) is 0 Å². The zero-order chi connectivity index (χ0) is 38.7. The van der Waals surface area contributed by atoms with E-state index in [-0.39, 0.29) is 55.3 Å². The Morgan fingerprint density at radius 2 is 0.926 bits per heavy atom. The van der Waals surface area contributed by atoms with Gasteiger partial charge in [-0.25, -0.2) is 9.59 Å². The highest BCUT2D eigenvalue weighted by Gasteiger charge is 2.45. The molecule has 2 aliphatic carbocycles. The van der Waals surface area contributed by atoms with Gasteiger partial charge in [-0.15, -0.1) is 0 Å². The number of aryl methyl sites for hydroxylation is 3. The van der Waals surface area contributed by atoms with Gasteiger partial charge in [0.15, 0.2) is 23.1 Å². The molecule has 0 spiro atoms. The lowest BCUT2D eigenvalue weighted by Crippen LogP contribution is -2.29. The molecule has 0 bridgehead atoms. The molecule has 0 amide bonds. The summed E-state index contributed by atoms with van der Waals surface area (Å²) in [6, 6.07) is 14.1. The second-order valence-electron chi connectivity index (χ2n) is 13.2. The zero-order valence-electron chi connectivity index (χ0n) is 28.8. The number of phenols is 2. The van der Waals surface area contributed by atoms with Gasteiger partial charge in [-0.3, -0.25) is 19.2 Å². The summed E-state index contributed by atoms with van der Waals surface area (Å²) in [6.45, 7) is 5.91. The smallest absolute Gasteiger partial charge is 0.348 e. The van der Waals surface area contributed by atoms with E-state index in [1.165, 1.54) is 44.2 Å². The molecule has 2 aromatic heterocycles. The number of ketones is 4. The first-order valence-corrected chi connectivity index (χ1v) is 16.5. The van der Waals surface area contributed by atoms with Crippen LogP contribution in [0.2, 0.25) is 0 Å². The molecule has 0 aliphatic heterocycles. The molecule has 0 saturated heterocycles. The number of rotatable bonds is 3. The van der Waals surface area contributed by atoms with Crippen molar-refractivity contribution in [3.63, 3.8) is 0 Å². The van der Waals surface area contributed by atoms with Crippen molar-refractivity contribution in [3.05, 3.63) is 143 Å². The van der Waals surface area contributed by atoms with Crippen molar-refractivity contribution in [1.82, 2.24) is 0 Å². The lowest BCUT2D eigenvalue weighted by molar-refractivity contribution is 0.0988. The SMILES string of the molecule is CC1=C(c2c(C)cc(O)c3c2C(=O)C(c2c(O)c4c(C)cccc4oc2=O)=C(c2c(O)c4c(C)cccc4oc2=O)C3=O)C(=O)c2c(O)cccc2C1=O. The summed E-state index contributed by atoms with van der Waals surface area (Å²) in [4.78, 5) is 85.9. The van der Waals surface area contributed by atoms with Crippen LogP contribution >= 0.6 is 0 Å². The average molecular weight is 723 g/mol. The van der Waals surface area contributed by atoms with Crippen LogP contribution in [0.4, 0.5) is 0 Å². The van der Waals surface area contributed by atoms with Crippen LogP contribution in [0.1, 0.15) is 81.7 Å². The molecule has 0 unspecified atom stereocenters. The first kappa shape index (κ1) is 33.8. The van der Waals surface area contributed by atoms with Gasteiger partial charge in [0.05, 0.1) is 33.0 Å². The van der Waals surface area contributed by atoms with Crippen LogP contribution in [0.15, 0.2) is 84.7 Å². The van der Waals surface area contributed by atoms with E-state index < -0.39 is 90.8 Å². The van der Waals surface area contributed by atoms with Crippen molar-refractivity contribution in [3.8, 4) is 23.0 Å². The Kier molecular flexibility index (Phi) is 7.25. The summed E-state index contributed by atoms with van der Waals surface area (Å²) in [5.41, 5.74) is -8.03. The fourth-order valence-electron chi connectivity index (χ4n) is 7.66. The molecule has 2 aliphatic rings. The van der Waals surface area contributed by atoms with Gasteiger partial charge in [0.1, 0.15) is 45.3 Å². The van der Waals surface area contributed by atoms with E-state index in [0.717, 1.165) is 6.07 Å². The molecule has 266 valence electrons. The second kappa shape index (κ2) is 11.6. The first-order chi connectivity index (χ1) is 25.6. The van der Waals surface area contributed by atoms with Crippen LogP contribution in [0, 0.1) is 20.8 Å². The van der Waals surface area contributed by atoms with Gasteiger partial charge in [-0.2, -0.15) is 0 Å². The van der Waals surface area contributed by atoms with Gasteiger partial charge < -0.3 is 29.3 Å². The summed E-state index contributed by atoms with van der Waals surface area (Å²) in [5, 5.41) is 45.6. The van der Waals surface area contributed by atoms with E-state index in [2.05, 4.69) is 0 Å². The minimum absolute atomic E-state index is 0.00464. The average Bonchev–Trinajstić information content (AvgIpc) is 3.10. The molecule has 4 aromatic carbocycles. The molecule has 8 rings (SSSR count). The van der Waals surface area contributed by atoms with Crippen molar-refractivity contribution >= 4 is 61.8 Å². The molecule has 0 fully saturated rings. The fraction of sp³-hybridized carbons (Fsp3) is 0.0952. The number of phenolic OH excluding ortho intramolecular Hbond substituents is 2. The second-order valence-corrected chi connectivity index (χ2v) is 13.2. The van der Waals surface area contributed by atoms with Crippen LogP contribution in [0.5, 0.6) is 23.0 Å². The first-order valence-electron chi connectivity index (χ1n) is 16.5. The number of hydrogen-bond acceptors (Lipinski definition) is 12. The standard InChI is InChI=1S/C42H26O12/c1-15-8-5-12-22-24(15)36(46)33(41(51)53-22)31-32(34-37(47)25-16(2)9-6-13-23(25)54-42(34)52)40(50)30-26(17(3)14-21(44)29(30)39(31)49)27-18(4)35(45)19-10-7-11-20(43)28(19)38(27)48/h5-14,43-44,46-47H,1-4H3. The van der Waals surface area contributed by atoms with Crippen molar-refractivity contribution in [2.75, 3.05) is 0 Å². The Bertz CT molecular complexity index is 3020. The number of fused-ring (bicyclic) bond motifs is 4. The Morgan fingerprint density at radius 3 is 1.46 bits per heavy atom. The Balaban J connectivity index is 1.55. The lowest BCUT2D eigenvalue weighted by Gasteiger charge is -2.28. The third-order valence-electron chi connectivity index (χ3n) is 10.1. The monoisotopic (exact) mass is 722 g/mol. The Morgan fingerprint density at radius 1 is 0.444 bits per heavy atom. The van der Waals surface area contributed by atoms with E-state index >= 15 is 4.79 Å². The van der Waals surface area contributed by atoms with E-state index in [0.29, 0.717) is 11.1 Å². The molecule has 6 aromatic rings. The molecule has 2 heterocycles. The highest BCUT2D eigenvalue weighted by Crippen LogP contribution is 2.49. The summed E-state index contributed by atoms with van der Waals surface area (Å²) in [5.74, 6) is -6.94. The third-order valence-corrected chi connectivity index (χ3v) is 10.1. The minimum Gasteiger partial charge on any atom is -0.507 e. The summed E-state index contributed by atoms with van der Waals surface area (Å²) >= 11 is 0. The summed E-state index contributed by atoms with van der Waals surface area (Å²) < 4.78 is 11.1. The molecule has 4 N–H and O–H groups in total. The van der Waals surface area contributed by atoms with Gasteiger partial charge in [0.25, 0.3) is 0 Å². The predicted octanol–water partition coefficient (Wildman–Crippen LogP) is 6.49. The van der Waals surface area contributed by atoms with Crippen LogP contribution < -0.4 is 11.3 Å². The molecule has 54 heavy (non-hydrogen) atoms. The van der Waals surface area contributed by atoms with E-state index in [4.69, 9.17) is 8.83 Å². The highest BCUT2D eigenvalue weighted by atomic mass is 16.4. The number of allylic oxidation sites excluding steroid dienone is 4. The number of hydrogen-bond donors (Lipinski definition) is 4. The lowest BCUT2D eigenvalue weighted by atomic mass is 9.72. The largest absolute Gasteiger partial charge is 0.507 e. The molecule has 12 heteroatoms. The number of benzene rings is 4. The molecule has 0 radical (unpaired) electrons. The number of Topliss-reactive ketones (excluding diaryl/α,β-unsaturated/α-hetero) is 4. The van der Waals surface area contributed by atoms with Crippen LogP contribution in [0.3, 0.4) is 0 Å². The summed E-state index contributed by atoms with van der Waals surface area (Å²) in [6.07, 6.45) is 0. The maximum absolute atomic E-state index is 15.3. The van der Waals surface area contributed by atoms with Crippen molar-refractivity contribution in [1.29, 1.82) is 0 Å². The van der Waals surface area contributed by atoms with Crippen LogP contribution in [0.25, 0.3) is 38.7 Å². The number of carbonyl (C=O) groups excluding carboxylic acids is 4. The quantitative estimate of drug-likeness (QED) is 0.145. The highest BCUT2D eigenvalue weighted by molar-refractivity contribution is 6.54. The molecule has 0 atom stereocenters. The zero-order valence-corrected chi connectivity index (χ0v) is 28.8. The third kappa shape index (κ3) is 4.43. The van der Waals surface area contributed by atoms with Crippen molar-refractivity contribution in [2.45, 2.75) is 27.7 Å². The van der Waals surface area contributed by atoms with Gasteiger partial charge in [0.2, 0.25) is 0 Å². The summed E-state index contributed by atoms with van der Waals surface area (Å²) in [7, 11) is 0. The van der Waals surface area contributed by atoms with Crippen LogP contribution in [-0.2, 0) is 0 Å². The predicted molar refractivity (Wildman–Crippen MR) is 195 cm³/mol. The van der Waals surface area contributed by atoms with Crippen molar-refractivity contribution < 1.29 is 48.4 Å². The minimum atomic E-state index is -1.31. The molecular formula is C42H26O12. The van der Waals surface area contributed by atoms with Gasteiger partial charge in [0, 0.05) is 27.8 Å². The van der Waals surface area contributed by atoms with E-state index in [1.54, 1.807) is 38.1 Å². The maximum atomic E-state index is 15.3. The maximum Gasteiger partial charge on any atom is 0.348 e. The Hall–Kier alpha value is -7.34. The molecule has 0 saturated carbocycles. The van der Waals surface area contributed by atoms with Crippen molar-refractivity contribution in [2.24, 2.45) is 0 Å². The van der Waals surface area contributed by atoms with Crippen LogP contribution in [-0.4, -0.2) is 43.6 Å². The van der Waals surface area contributed by atoms with Gasteiger partial charge >= 0.3 is 11.3 Å². The molecular weight excluding hydrogens is 696 g/mol. The fourth-order valence-corrected chi connectivity index (χ4v) is 7.66. The molecule has 12 nitrogen and oxygen atoms in total. The van der Waals surface area contributed by atoms with Gasteiger partial charge in [-0.05, 0) is 68.7 Å².